The van der Waals surface area contributed by atoms with Crippen LogP contribution in [0.15, 0.2) is 29.3 Å². The molecule has 1 fully saturated rings. The molecule has 0 bridgehead atoms. The van der Waals surface area contributed by atoms with Crippen molar-refractivity contribution in [3.8, 4) is 5.75 Å². The van der Waals surface area contributed by atoms with E-state index in [0.717, 1.165) is 19.0 Å². The van der Waals surface area contributed by atoms with Gasteiger partial charge >= 0.3 is 6.61 Å². The average Bonchev–Trinajstić information content (AvgIpc) is 3.38. The Kier molecular flexibility index (Phi) is 10.1. The lowest BCUT2D eigenvalue weighted by atomic mass is 10.1. The molecular weight excluding hydrogens is 453 g/mol. The fourth-order valence-corrected chi connectivity index (χ4v) is 2.80. The third kappa shape index (κ3) is 7.61. The summed E-state index contributed by atoms with van der Waals surface area (Å²) in [4.78, 5) is 6.75. The maximum absolute atomic E-state index is 12.5. The van der Waals surface area contributed by atoms with Crippen LogP contribution >= 0.6 is 24.0 Å². The SMILES string of the molecule is CCNC(=NCc1ccccc1OC(F)F)NCC(C1CC1)N(C)C.I. The number of hydrogen-bond donors (Lipinski definition) is 2. The van der Waals surface area contributed by atoms with Gasteiger partial charge in [0.05, 0.1) is 6.54 Å². The van der Waals surface area contributed by atoms with Gasteiger partial charge in [0.2, 0.25) is 0 Å². The normalized spacial score (nSPS) is 15.6. The summed E-state index contributed by atoms with van der Waals surface area (Å²) in [5, 5.41) is 6.56. The second kappa shape index (κ2) is 11.5. The van der Waals surface area contributed by atoms with Crippen LogP contribution in [0.25, 0.3) is 0 Å². The largest absolute Gasteiger partial charge is 0.434 e. The number of halogens is 3. The minimum Gasteiger partial charge on any atom is -0.434 e. The van der Waals surface area contributed by atoms with Crippen molar-refractivity contribution in [2.45, 2.75) is 39.0 Å². The molecule has 2 N–H and O–H groups in total. The number of aliphatic imine (C=N–C) groups is 1. The van der Waals surface area contributed by atoms with E-state index in [1.807, 2.05) is 6.92 Å². The van der Waals surface area contributed by atoms with Gasteiger partial charge in [-0.2, -0.15) is 8.78 Å². The molecule has 5 nitrogen and oxygen atoms in total. The minimum atomic E-state index is -2.84. The molecule has 0 spiro atoms. The number of alkyl halides is 2. The summed E-state index contributed by atoms with van der Waals surface area (Å²) in [6, 6.07) is 7.22. The van der Waals surface area contributed by atoms with Gasteiger partial charge in [0.25, 0.3) is 0 Å². The number of benzene rings is 1. The Balaban J connectivity index is 0.00000338. The van der Waals surface area contributed by atoms with Crippen LogP contribution in [0.1, 0.15) is 25.3 Å². The highest BCUT2D eigenvalue weighted by atomic mass is 127. The highest BCUT2D eigenvalue weighted by Gasteiger charge is 2.32. The molecular formula is C18H29F2IN4O. The Labute approximate surface area is 171 Å². The third-order valence-corrected chi connectivity index (χ3v) is 4.25. The molecule has 26 heavy (non-hydrogen) atoms. The number of likely N-dealkylation sites (N-methyl/N-ethyl adjacent to an activating group) is 1. The van der Waals surface area contributed by atoms with Crippen LogP contribution in [0, 0.1) is 5.92 Å². The number of rotatable bonds is 9. The highest BCUT2D eigenvalue weighted by Crippen LogP contribution is 2.34. The van der Waals surface area contributed by atoms with E-state index in [1.165, 1.54) is 18.9 Å². The summed E-state index contributed by atoms with van der Waals surface area (Å²) in [6.45, 7) is 0.968. The molecule has 8 heteroatoms. The Morgan fingerprint density at radius 2 is 1.96 bits per heavy atom. The number of nitrogens with one attached hydrogen (secondary N) is 2. The van der Waals surface area contributed by atoms with E-state index in [4.69, 9.17) is 0 Å². The number of ether oxygens (including phenoxy) is 1. The van der Waals surface area contributed by atoms with Crippen molar-refractivity contribution in [3.63, 3.8) is 0 Å². The van der Waals surface area contributed by atoms with Gasteiger partial charge in [-0.25, -0.2) is 4.99 Å². The van der Waals surface area contributed by atoms with Crippen LogP contribution in [-0.2, 0) is 6.54 Å². The predicted octanol–water partition coefficient (Wildman–Crippen LogP) is 3.30. The van der Waals surface area contributed by atoms with E-state index >= 15 is 0 Å². The molecule has 2 rings (SSSR count). The summed E-state index contributed by atoms with van der Waals surface area (Å²) in [7, 11) is 4.18. The highest BCUT2D eigenvalue weighted by molar-refractivity contribution is 14.0. The first kappa shape index (κ1) is 22.9. The van der Waals surface area contributed by atoms with Gasteiger partial charge in [-0.05, 0) is 45.8 Å². The molecule has 1 atom stereocenters. The van der Waals surface area contributed by atoms with Crippen molar-refractivity contribution < 1.29 is 13.5 Å². The maximum atomic E-state index is 12.5. The Bertz CT molecular complexity index is 566. The van der Waals surface area contributed by atoms with E-state index < -0.39 is 6.61 Å². The molecule has 0 aliphatic heterocycles. The Morgan fingerprint density at radius 1 is 1.27 bits per heavy atom. The smallest absolute Gasteiger partial charge is 0.387 e. The van der Waals surface area contributed by atoms with Crippen LogP contribution in [0.4, 0.5) is 8.78 Å². The van der Waals surface area contributed by atoms with Crippen LogP contribution in [0.2, 0.25) is 0 Å². The molecule has 1 unspecified atom stereocenters. The molecule has 1 aromatic rings. The van der Waals surface area contributed by atoms with Gasteiger partial charge < -0.3 is 20.3 Å². The summed E-state index contributed by atoms with van der Waals surface area (Å²) >= 11 is 0. The lowest BCUT2D eigenvalue weighted by Gasteiger charge is -2.25. The maximum Gasteiger partial charge on any atom is 0.387 e. The Hall–Kier alpha value is -1.16. The third-order valence-electron chi connectivity index (χ3n) is 4.25. The number of nitrogens with zero attached hydrogens (tertiary/aromatic N) is 2. The van der Waals surface area contributed by atoms with Crippen LogP contribution < -0.4 is 15.4 Å². The molecule has 0 saturated heterocycles. The second-order valence-electron chi connectivity index (χ2n) is 6.43. The first-order valence-corrected chi connectivity index (χ1v) is 8.72. The summed E-state index contributed by atoms with van der Waals surface area (Å²) in [5.74, 6) is 1.59. The average molecular weight is 482 g/mol. The van der Waals surface area contributed by atoms with Gasteiger partial charge in [0.15, 0.2) is 5.96 Å². The van der Waals surface area contributed by atoms with E-state index in [9.17, 15) is 8.78 Å². The van der Waals surface area contributed by atoms with E-state index in [1.54, 1.807) is 18.2 Å². The molecule has 1 aliphatic carbocycles. The number of hydrogen-bond acceptors (Lipinski definition) is 3. The minimum absolute atomic E-state index is 0. The van der Waals surface area contributed by atoms with Crippen molar-refractivity contribution in [3.05, 3.63) is 29.8 Å². The number of para-hydroxylation sites is 1. The first-order chi connectivity index (χ1) is 12.0. The lowest BCUT2D eigenvalue weighted by Crippen LogP contribution is -2.46. The van der Waals surface area contributed by atoms with Gasteiger partial charge in [-0.1, -0.05) is 18.2 Å². The monoisotopic (exact) mass is 482 g/mol. The molecule has 1 aliphatic rings. The molecule has 0 radical (unpaired) electrons. The van der Waals surface area contributed by atoms with Crippen molar-refractivity contribution >= 4 is 29.9 Å². The zero-order chi connectivity index (χ0) is 18.2. The van der Waals surface area contributed by atoms with Crippen molar-refractivity contribution in [1.82, 2.24) is 15.5 Å². The van der Waals surface area contributed by atoms with Crippen molar-refractivity contribution in [2.75, 3.05) is 27.2 Å². The summed E-state index contributed by atoms with van der Waals surface area (Å²) in [6.07, 6.45) is 2.55. The standard InChI is InChI=1S/C18H28F2N4O.HI/c1-4-21-18(23-12-15(24(2)3)13-9-10-13)22-11-14-7-5-6-8-16(14)25-17(19)20;/h5-8,13,15,17H,4,9-12H2,1-3H3,(H2,21,22,23);1H. The van der Waals surface area contributed by atoms with E-state index in [-0.39, 0.29) is 36.3 Å². The molecule has 0 amide bonds. The lowest BCUT2D eigenvalue weighted by molar-refractivity contribution is -0.0504. The summed E-state index contributed by atoms with van der Waals surface area (Å²) < 4.78 is 29.6. The van der Waals surface area contributed by atoms with E-state index in [0.29, 0.717) is 17.6 Å². The van der Waals surface area contributed by atoms with Crippen LogP contribution in [0.3, 0.4) is 0 Å². The molecule has 1 saturated carbocycles. The molecule has 0 heterocycles. The number of guanidine groups is 1. The van der Waals surface area contributed by atoms with Gasteiger partial charge in [-0.3, -0.25) is 0 Å². The molecule has 0 aromatic heterocycles. The topological polar surface area (TPSA) is 48.9 Å². The molecule has 1 aromatic carbocycles. The van der Waals surface area contributed by atoms with Crippen molar-refractivity contribution in [2.24, 2.45) is 10.9 Å². The van der Waals surface area contributed by atoms with Crippen molar-refractivity contribution in [1.29, 1.82) is 0 Å². The predicted molar refractivity (Wildman–Crippen MR) is 112 cm³/mol. The van der Waals surface area contributed by atoms with Crippen LogP contribution in [0.5, 0.6) is 5.75 Å². The quantitative estimate of drug-likeness (QED) is 0.322. The molecule has 148 valence electrons. The van der Waals surface area contributed by atoms with Crippen LogP contribution in [-0.4, -0.2) is 50.7 Å². The zero-order valence-corrected chi connectivity index (χ0v) is 17.9. The van der Waals surface area contributed by atoms with Gasteiger partial charge in [-0.15, -0.1) is 24.0 Å². The second-order valence-corrected chi connectivity index (χ2v) is 6.43. The fourth-order valence-electron chi connectivity index (χ4n) is 2.80. The zero-order valence-electron chi connectivity index (χ0n) is 15.5. The first-order valence-electron chi connectivity index (χ1n) is 8.72. The van der Waals surface area contributed by atoms with E-state index in [2.05, 4.69) is 39.4 Å². The fraction of sp³-hybridized carbons (Fsp3) is 0.611. The Morgan fingerprint density at radius 3 is 2.54 bits per heavy atom. The summed E-state index contributed by atoms with van der Waals surface area (Å²) in [5.41, 5.74) is 0.631. The van der Waals surface area contributed by atoms with Gasteiger partial charge in [0, 0.05) is 24.7 Å². The van der Waals surface area contributed by atoms with Gasteiger partial charge in [0.1, 0.15) is 5.75 Å².